The summed E-state index contributed by atoms with van der Waals surface area (Å²) in [6.45, 7) is 4.43. The molecule has 2 heteroatoms. The minimum atomic E-state index is 0.164. The maximum absolute atomic E-state index is 5.92. The van der Waals surface area contributed by atoms with Gasteiger partial charge >= 0.3 is 0 Å². The molecule has 2 nitrogen and oxygen atoms in total. The third-order valence-corrected chi connectivity index (χ3v) is 12.5. The molecular formula is C54H42N2. The molecule has 9 aliphatic rings. The van der Waals surface area contributed by atoms with Crippen molar-refractivity contribution in [1.82, 2.24) is 0 Å². The van der Waals surface area contributed by atoms with Crippen LogP contribution in [0.4, 0.5) is 11.4 Å². The summed E-state index contributed by atoms with van der Waals surface area (Å²) in [5, 5.41) is 0. The zero-order chi connectivity index (χ0) is 37.3. The molecule has 0 saturated heterocycles. The van der Waals surface area contributed by atoms with Crippen LogP contribution in [0.2, 0.25) is 0 Å². The first-order chi connectivity index (χ1) is 27.5. The Hall–Kier alpha value is -6.38. The van der Waals surface area contributed by atoms with E-state index >= 15 is 0 Å². The predicted octanol–water partition coefficient (Wildman–Crippen LogP) is 13.3. The highest BCUT2D eigenvalue weighted by Gasteiger charge is 2.42. The molecule has 6 aromatic carbocycles. The Bertz CT molecular complexity index is 2440. The molecule has 6 heterocycles. The van der Waals surface area contributed by atoms with Crippen LogP contribution in [0.25, 0.3) is 44.5 Å². The first-order valence-electron chi connectivity index (χ1n) is 20.1. The minimum Gasteiger partial charge on any atom is -0.245 e. The summed E-state index contributed by atoms with van der Waals surface area (Å²) >= 11 is 0. The van der Waals surface area contributed by atoms with Crippen molar-refractivity contribution < 1.29 is 0 Å². The maximum Gasteiger partial charge on any atom is 0.0935 e. The molecule has 0 aromatic heterocycles. The van der Waals surface area contributed by atoms with Crippen LogP contribution < -0.4 is 0 Å². The molecule has 10 bridgehead atoms. The van der Waals surface area contributed by atoms with Gasteiger partial charge in [-0.05, 0) is 131 Å². The van der Waals surface area contributed by atoms with Gasteiger partial charge in [-0.3, -0.25) is 0 Å². The van der Waals surface area contributed by atoms with E-state index in [0.29, 0.717) is 0 Å². The van der Waals surface area contributed by atoms with E-state index in [1.165, 1.54) is 66.8 Å². The number of benzene rings is 6. The van der Waals surface area contributed by atoms with E-state index in [1.54, 1.807) is 0 Å². The molecule has 3 aliphatic carbocycles. The molecule has 1 saturated carbocycles. The van der Waals surface area contributed by atoms with Gasteiger partial charge in [0.1, 0.15) is 0 Å². The monoisotopic (exact) mass is 718 g/mol. The van der Waals surface area contributed by atoms with E-state index in [4.69, 9.17) is 9.98 Å². The van der Waals surface area contributed by atoms with Gasteiger partial charge in [0.25, 0.3) is 0 Å². The molecular weight excluding hydrogens is 677 g/mol. The van der Waals surface area contributed by atoms with Crippen LogP contribution in [0.3, 0.4) is 0 Å². The summed E-state index contributed by atoms with van der Waals surface area (Å²) in [6, 6.07) is 46.2. The quantitative estimate of drug-likeness (QED) is 0.149. The van der Waals surface area contributed by atoms with Crippen molar-refractivity contribution in [2.24, 2.45) is 21.8 Å². The van der Waals surface area contributed by atoms with Crippen molar-refractivity contribution in [2.45, 2.75) is 39.5 Å². The fourth-order valence-corrected chi connectivity index (χ4v) is 9.50. The molecule has 0 radical (unpaired) electrons. The van der Waals surface area contributed by atoms with Crippen LogP contribution in [0.1, 0.15) is 33.4 Å². The lowest BCUT2D eigenvalue weighted by Crippen LogP contribution is -2.16. The zero-order valence-corrected chi connectivity index (χ0v) is 31.9. The van der Waals surface area contributed by atoms with E-state index in [0.717, 1.165) is 70.7 Å². The van der Waals surface area contributed by atoms with E-state index in [1.807, 2.05) is 0 Å². The normalized spacial score (nSPS) is 18.5. The average Bonchev–Trinajstić information content (AvgIpc) is 3.53. The Morgan fingerprint density at radius 1 is 0.411 bits per heavy atom. The summed E-state index contributed by atoms with van der Waals surface area (Å²) in [7, 11) is 0. The van der Waals surface area contributed by atoms with Gasteiger partial charge in [0.05, 0.1) is 22.8 Å². The average molecular weight is 719 g/mol. The van der Waals surface area contributed by atoms with Crippen molar-refractivity contribution in [3.05, 3.63) is 202 Å². The Kier molecular flexibility index (Phi) is 7.74. The lowest BCUT2D eigenvalue weighted by Gasteiger charge is -2.24. The second kappa shape index (κ2) is 13.1. The molecule has 6 aromatic rings. The Morgan fingerprint density at radius 3 is 1.02 bits per heavy atom. The molecule has 0 spiro atoms. The second-order valence-electron chi connectivity index (χ2n) is 16.2. The highest BCUT2D eigenvalue weighted by molar-refractivity contribution is 6.58. The summed E-state index contributed by atoms with van der Waals surface area (Å²) in [5.74, 6) is 0.419. The van der Waals surface area contributed by atoms with Gasteiger partial charge in [0.2, 0.25) is 0 Å². The van der Waals surface area contributed by atoms with Crippen molar-refractivity contribution in [3.8, 4) is 44.5 Å². The summed E-state index contributed by atoms with van der Waals surface area (Å²) in [4.78, 5) is 11.8. The molecule has 0 atom stereocenters. The van der Waals surface area contributed by atoms with Crippen molar-refractivity contribution in [2.75, 3.05) is 0 Å². The smallest absolute Gasteiger partial charge is 0.0935 e. The van der Waals surface area contributed by atoms with Gasteiger partial charge in [0, 0.05) is 34.1 Å². The summed E-state index contributed by atoms with van der Waals surface area (Å²) in [5.41, 5.74) is 23.5. The number of hydrogen-bond donors (Lipinski definition) is 0. The van der Waals surface area contributed by atoms with E-state index in [9.17, 15) is 0 Å². The molecule has 1 fully saturated rings. The Balaban J connectivity index is 1.29. The van der Waals surface area contributed by atoms with Crippen LogP contribution in [0.15, 0.2) is 179 Å². The van der Waals surface area contributed by atoms with Gasteiger partial charge in [0.15, 0.2) is 0 Å². The largest absolute Gasteiger partial charge is 0.245 e. The summed E-state index contributed by atoms with van der Waals surface area (Å²) < 4.78 is 0. The number of hydrogen-bond acceptors (Lipinski definition) is 2. The fraction of sp³-hybridized carbons (Fsp3) is 0.148. The topological polar surface area (TPSA) is 24.7 Å². The minimum absolute atomic E-state index is 0.164. The molecule has 268 valence electrons. The molecule has 15 rings (SSSR count). The van der Waals surface area contributed by atoms with Crippen molar-refractivity contribution >= 4 is 22.8 Å². The second-order valence-corrected chi connectivity index (χ2v) is 16.2. The zero-order valence-electron chi connectivity index (χ0n) is 31.9. The molecule has 0 N–H and O–H groups in total. The maximum atomic E-state index is 5.92. The van der Waals surface area contributed by atoms with Gasteiger partial charge < -0.3 is 0 Å². The standard InChI is InChI=1S/C54H42N2/c1-33-29-46-39-21-13-35(14-22-39)9-11-37-17-25-41(26-18-37)48-31-34(2)32-49-42-27-19-38(20-28-42)12-10-36-15-23-40(24-16-36)47(30-33)51(46)55-53-44-7-3-5-43-6-4-8-45(50(43)44)54(53)56-52(48)49/h3-8,13-32,43,50H,9-12H2,1-2H3. The van der Waals surface area contributed by atoms with E-state index in [-0.39, 0.29) is 11.8 Å². The van der Waals surface area contributed by atoms with Crippen LogP contribution >= 0.6 is 0 Å². The number of nitrogens with zero attached hydrogens (tertiary/aromatic N) is 2. The van der Waals surface area contributed by atoms with E-state index < -0.39 is 0 Å². The first-order valence-corrected chi connectivity index (χ1v) is 20.1. The first kappa shape index (κ1) is 33.0. The van der Waals surface area contributed by atoms with Gasteiger partial charge in [-0.15, -0.1) is 0 Å². The summed E-state index contributed by atoms with van der Waals surface area (Å²) in [6.07, 6.45) is 17.6. The number of aliphatic imine (C=N–C) groups is 2. The van der Waals surface area contributed by atoms with Crippen molar-refractivity contribution in [1.29, 1.82) is 0 Å². The third-order valence-electron chi connectivity index (χ3n) is 12.5. The predicted molar refractivity (Wildman–Crippen MR) is 235 cm³/mol. The molecule has 56 heavy (non-hydrogen) atoms. The lowest BCUT2D eigenvalue weighted by atomic mass is 9.79. The molecule has 6 aliphatic heterocycles. The Morgan fingerprint density at radius 2 is 0.714 bits per heavy atom. The third kappa shape index (κ3) is 5.63. The van der Waals surface area contributed by atoms with Crippen molar-refractivity contribution in [3.63, 3.8) is 0 Å². The Labute approximate surface area is 329 Å². The highest BCUT2D eigenvalue weighted by atomic mass is 14.9. The number of rotatable bonds is 0. The van der Waals surface area contributed by atoms with Crippen LogP contribution in [-0.2, 0) is 25.7 Å². The van der Waals surface area contributed by atoms with Crippen LogP contribution in [0.5, 0.6) is 0 Å². The fourth-order valence-electron chi connectivity index (χ4n) is 9.50. The highest BCUT2D eigenvalue weighted by Crippen LogP contribution is 2.49. The van der Waals surface area contributed by atoms with E-state index in [2.05, 4.69) is 172 Å². The van der Waals surface area contributed by atoms with Gasteiger partial charge in [-0.25, -0.2) is 9.98 Å². The molecule has 0 unspecified atom stereocenters. The number of allylic oxidation sites excluding steroid dienone is 8. The van der Waals surface area contributed by atoms with Crippen LogP contribution in [-0.4, -0.2) is 11.4 Å². The number of fused-ring (bicyclic) bond motifs is 4. The molecule has 0 amide bonds. The van der Waals surface area contributed by atoms with Crippen LogP contribution in [0, 0.1) is 25.7 Å². The SMILES string of the molecule is Cc1cc2c3c(c1)-c1ccc(cc1)CCc1ccc(cc1)-c1cc(C)cc(c1N=C1C4=CC=CC5C=CC=C(C1=N3)C45)-c1ccc(cc1)CCc1ccc-2cc1. The number of aryl methyl sites for hydroxylation is 6. The van der Waals surface area contributed by atoms with Gasteiger partial charge in [-0.1, -0.05) is 134 Å². The lowest BCUT2D eigenvalue weighted by molar-refractivity contribution is 0.636. The van der Waals surface area contributed by atoms with Gasteiger partial charge in [-0.2, -0.15) is 0 Å².